The summed E-state index contributed by atoms with van der Waals surface area (Å²) in [5.74, 6) is -1.92. The van der Waals surface area contributed by atoms with Crippen LogP contribution in [-0.2, 0) is 42.9 Å². The molecule has 4 bridgehead atoms. The Labute approximate surface area is 494 Å². The molecule has 0 radical (unpaired) electrons. The van der Waals surface area contributed by atoms with Crippen LogP contribution in [0, 0.1) is 57.2 Å². The van der Waals surface area contributed by atoms with Crippen molar-refractivity contribution in [2.24, 2.45) is 57.2 Å². The average molecular weight is 1170 g/mol. The summed E-state index contributed by atoms with van der Waals surface area (Å²) >= 11 is 0. The number of nitrogens with one attached hydrogen (secondary N) is 1. The molecule has 0 spiro atoms. The highest BCUT2D eigenvalue weighted by Crippen LogP contribution is 2.65. The second-order valence-electron chi connectivity index (χ2n) is 26.9. The zero-order chi connectivity index (χ0) is 59.5. The van der Waals surface area contributed by atoms with E-state index in [0.29, 0.717) is 16.4 Å². The maximum Gasteiger partial charge on any atom is 0.338 e. The first-order valence-electron chi connectivity index (χ1n) is 29.8. The fourth-order valence-electron chi connectivity index (χ4n) is 16.9. The molecule has 1 amide bonds. The second kappa shape index (κ2) is 24.9. The van der Waals surface area contributed by atoms with Gasteiger partial charge in [0.1, 0.15) is 23.9 Å². The number of rotatable bonds is 10. The van der Waals surface area contributed by atoms with Crippen LogP contribution >= 0.6 is 0 Å². The maximum absolute atomic E-state index is 15.5. The van der Waals surface area contributed by atoms with Crippen molar-refractivity contribution in [1.82, 2.24) is 5.32 Å². The van der Waals surface area contributed by atoms with E-state index in [9.17, 15) is 39.3 Å². The Hall–Kier alpha value is -5.82. The molecule has 17 atom stereocenters. The predicted octanol–water partition coefficient (Wildman–Crippen LogP) is 8.39. The lowest BCUT2D eigenvalue weighted by molar-refractivity contribution is -0.346. The van der Waals surface area contributed by atoms with Crippen molar-refractivity contribution in [3.8, 4) is 0 Å². The van der Waals surface area contributed by atoms with E-state index in [2.05, 4.69) is 39.9 Å². The molecule has 1 saturated heterocycles. The Kier molecular flexibility index (Phi) is 19.5. The van der Waals surface area contributed by atoms with Crippen LogP contribution in [0.1, 0.15) is 173 Å². The monoisotopic (exact) mass is 1170 g/mol. The minimum absolute atomic E-state index is 0. The molecule has 17 heteroatoms. The second-order valence-corrected chi connectivity index (χ2v) is 26.9. The minimum atomic E-state index is -2.39. The molecule has 7 aliphatic rings. The van der Waals surface area contributed by atoms with Gasteiger partial charge in [0.25, 0.3) is 5.91 Å². The van der Waals surface area contributed by atoms with Crippen LogP contribution in [0.3, 0.4) is 0 Å². The number of ether oxygens (including phenoxy) is 5. The number of esters is 4. The van der Waals surface area contributed by atoms with Gasteiger partial charge in [0.05, 0.1) is 35.6 Å². The van der Waals surface area contributed by atoms with E-state index >= 15 is 4.79 Å². The normalized spacial score (nSPS) is 35.8. The van der Waals surface area contributed by atoms with Crippen molar-refractivity contribution < 1.29 is 78.7 Å². The molecule has 17 nitrogen and oxygen atoms in total. The number of fused-ring (bicyclic) bond motifs is 8. The molecule has 6 fully saturated rings. The molecule has 1 heterocycles. The van der Waals surface area contributed by atoms with Gasteiger partial charge < -0.3 is 55.3 Å². The zero-order valence-corrected chi connectivity index (χ0v) is 50.8. The van der Waals surface area contributed by atoms with Crippen LogP contribution in [0.2, 0.25) is 0 Å². The van der Waals surface area contributed by atoms with Gasteiger partial charge in [0.15, 0.2) is 23.6 Å². The maximum atomic E-state index is 15.5. The number of hydrogen-bond donors (Lipinski definition) is 4. The lowest BCUT2D eigenvalue weighted by atomic mass is 9.44. The molecule has 10 rings (SSSR count). The number of benzene rings is 3. The fraction of sp³-hybridized carbons (Fsp3) is 0.612. The number of hydrogen-bond acceptors (Lipinski definition) is 14. The molecule has 84 heavy (non-hydrogen) atoms. The summed E-state index contributed by atoms with van der Waals surface area (Å²) in [4.78, 5) is 83.5. The fourth-order valence-corrected chi connectivity index (χ4v) is 16.9. The highest BCUT2D eigenvalue weighted by atomic mass is 16.6. The molecule has 460 valence electrons. The molecule has 3 aromatic carbocycles. The smallest absolute Gasteiger partial charge is 0.338 e. The molecule has 5 saturated carbocycles. The van der Waals surface area contributed by atoms with E-state index in [1.807, 2.05) is 0 Å². The van der Waals surface area contributed by atoms with Gasteiger partial charge in [-0.15, -0.1) is 0 Å². The Bertz CT molecular complexity index is 2910. The highest BCUT2D eigenvalue weighted by Gasteiger charge is 2.78. The van der Waals surface area contributed by atoms with Crippen molar-refractivity contribution in [3.05, 3.63) is 119 Å². The number of aliphatic hydroxyl groups excluding tert-OH is 2. The van der Waals surface area contributed by atoms with Crippen molar-refractivity contribution in [3.63, 3.8) is 0 Å². The van der Waals surface area contributed by atoms with Crippen molar-refractivity contribution in [2.45, 2.75) is 194 Å². The van der Waals surface area contributed by atoms with Gasteiger partial charge in [0.2, 0.25) is 0 Å². The van der Waals surface area contributed by atoms with E-state index < -0.39 is 113 Å². The predicted molar refractivity (Wildman–Crippen MR) is 313 cm³/mol. The van der Waals surface area contributed by atoms with Crippen LogP contribution in [0.4, 0.5) is 0 Å². The Balaban J connectivity index is 0.000000386. The Morgan fingerprint density at radius 1 is 0.726 bits per heavy atom. The number of carbonyl (C=O) groups is 6. The van der Waals surface area contributed by atoms with E-state index in [4.69, 9.17) is 23.7 Å². The van der Waals surface area contributed by atoms with Crippen LogP contribution in [0.25, 0.3) is 0 Å². The molecule has 0 unspecified atom stereocenters. The Morgan fingerprint density at radius 3 is 1.90 bits per heavy atom. The number of Topliss-reactive ketones (excluding diaryl/α,β-unsaturated/α-hetero) is 1. The summed E-state index contributed by atoms with van der Waals surface area (Å²) in [7, 11) is 0. The summed E-state index contributed by atoms with van der Waals surface area (Å²) in [6.45, 7) is 20.9. The van der Waals surface area contributed by atoms with Gasteiger partial charge >= 0.3 is 23.9 Å². The number of amides is 1. The van der Waals surface area contributed by atoms with E-state index in [-0.39, 0.29) is 46.3 Å². The first-order chi connectivity index (χ1) is 38.6. The molecular formula is C67H91NO16. The van der Waals surface area contributed by atoms with E-state index in [1.54, 1.807) is 92.7 Å². The van der Waals surface area contributed by atoms with Gasteiger partial charge in [-0.3, -0.25) is 19.2 Å². The summed E-state index contributed by atoms with van der Waals surface area (Å²) in [6, 6.07) is 22.9. The average Bonchev–Trinajstić information content (AvgIpc) is 0.758. The van der Waals surface area contributed by atoms with Gasteiger partial charge in [-0.05, 0) is 127 Å². The van der Waals surface area contributed by atoms with Crippen LogP contribution in [-0.4, -0.2) is 116 Å². The third-order valence-corrected chi connectivity index (χ3v) is 21.7. The summed E-state index contributed by atoms with van der Waals surface area (Å²) in [5, 5.41) is 40.2. The standard InChI is InChI=1S/C47H51NO14.C20H36.2H2O/c1-25-31(60-43(56)36(52)35(28-16-10-7-11-17-28)48-41(54)29-18-12-8-13-19-29)23-47(57)40(61-42(55)30-20-14-9-15-21-30)38-45(6,32(51)22-33-46(38,24-58-33)62-27(3)50)39(53)37(59-26(2)49)34(25)44(47,4)5;1-14-7-6-11-20(5)12-10-17-15(2)8-9-16(13-18(14)20)19(17,3)4;;/h7-21,31-33,35-38,40,51-52,57H,22-24H2,1-6H3,(H,48,54);14-18H,6-13H2,1-5H3;2*1H2/t31-,32-,33+,35-,36+,37+,38-,40-,45+,46-,47+;14-,15-,16+,17+,18-,20+;;/m01../s1. The van der Waals surface area contributed by atoms with Gasteiger partial charge in [-0.25, -0.2) is 9.59 Å². The van der Waals surface area contributed by atoms with Crippen molar-refractivity contribution in [2.75, 3.05) is 6.61 Å². The number of carbonyl (C=O) groups excluding carboxylic acids is 6. The lowest BCUT2D eigenvalue weighted by Crippen LogP contribution is -2.82. The van der Waals surface area contributed by atoms with Gasteiger partial charge in [0, 0.05) is 37.7 Å². The SMILES string of the molecule is CC(=O)O[C@H]1C(=O)[C@@]2(C)[C@H]([C@H](OC(=O)c3ccccc3)[C@]3(O)C[C@H](OC(=O)[C@H](O)[C@@H](NC(=O)c4ccccc4)c4ccccc4)C(C)=C1C3(C)C)[C@]1(OC(C)=O)CO[C@@H]1C[C@@H]2O.C[C@@H]1CCC[C@@]2(C)CC[C@H]3[C@H](C)CC[C@@H](C[C@H]12)C3(C)C.O.O. The third-order valence-electron chi connectivity index (χ3n) is 21.7. The molecular weight excluding hydrogens is 1070 g/mol. The number of ketones is 1. The molecule has 0 aromatic heterocycles. The molecule has 1 aliphatic heterocycles. The summed E-state index contributed by atoms with van der Waals surface area (Å²) in [5.41, 5.74) is -5.76. The highest BCUT2D eigenvalue weighted by molar-refractivity contribution is 5.96. The first-order valence-corrected chi connectivity index (χ1v) is 29.8. The number of aliphatic hydroxyl groups is 3. The molecule has 6 aliphatic carbocycles. The molecule has 8 N–H and O–H groups in total. The third kappa shape index (κ3) is 11.5. The quantitative estimate of drug-likeness (QED) is 0.0843. The minimum Gasteiger partial charge on any atom is -0.456 e. The van der Waals surface area contributed by atoms with Gasteiger partial charge in [-0.2, -0.15) is 0 Å². The Morgan fingerprint density at radius 2 is 1.32 bits per heavy atom. The zero-order valence-electron chi connectivity index (χ0n) is 50.8. The van der Waals surface area contributed by atoms with Crippen molar-refractivity contribution >= 4 is 35.6 Å². The summed E-state index contributed by atoms with van der Waals surface area (Å²) < 4.78 is 30.3. The summed E-state index contributed by atoms with van der Waals surface area (Å²) in [6.07, 6.45) is 1.53. The van der Waals surface area contributed by atoms with Crippen molar-refractivity contribution in [1.29, 1.82) is 0 Å². The first kappa shape index (κ1) is 65.7. The van der Waals surface area contributed by atoms with E-state index in [1.165, 1.54) is 77.3 Å². The lowest BCUT2D eigenvalue weighted by Gasteiger charge is -2.67. The van der Waals surface area contributed by atoms with Crippen LogP contribution < -0.4 is 5.32 Å². The van der Waals surface area contributed by atoms with Gasteiger partial charge in [-0.1, -0.05) is 134 Å². The van der Waals surface area contributed by atoms with Crippen LogP contribution in [0.15, 0.2) is 102 Å². The van der Waals surface area contributed by atoms with E-state index in [0.717, 1.165) is 43.4 Å². The topological polar surface area (TPSA) is 284 Å². The largest absolute Gasteiger partial charge is 0.456 e. The molecule has 3 aromatic rings. The van der Waals surface area contributed by atoms with Crippen LogP contribution in [0.5, 0.6) is 0 Å².